The lowest BCUT2D eigenvalue weighted by Crippen LogP contribution is -2.54. The van der Waals surface area contributed by atoms with Crippen LogP contribution in [0, 0.1) is 11.3 Å². The van der Waals surface area contributed by atoms with Crippen LogP contribution >= 0.6 is 15.9 Å². The number of carboxylic acid groups (broad SMARTS) is 1. The minimum absolute atomic E-state index is 0.105. The van der Waals surface area contributed by atoms with Gasteiger partial charge in [0, 0.05) is 30.1 Å². The number of hydrogen-bond donors (Lipinski definition) is 1. The van der Waals surface area contributed by atoms with Gasteiger partial charge in [-0.15, -0.1) is 0 Å². The lowest BCUT2D eigenvalue weighted by Gasteiger charge is -2.41. The van der Waals surface area contributed by atoms with Crippen LogP contribution in [0.2, 0.25) is 0 Å². The van der Waals surface area contributed by atoms with Gasteiger partial charge in [-0.2, -0.15) is 5.26 Å². The number of amides is 1. The van der Waals surface area contributed by atoms with E-state index in [4.69, 9.17) is 5.11 Å². The van der Waals surface area contributed by atoms with E-state index in [9.17, 15) is 10.1 Å². The number of halogens is 1. The van der Waals surface area contributed by atoms with Gasteiger partial charge < -0.3 is 14.9 Å². The molecule has 5 nitrogen and oxygen atoms in total. The Morgan fingerprint density at radius 1 is 1.55 bits per heavy atom. The van der Waals surface area contributed by atoms with Gasteiger partial charge in [0.2, 0.25) is 0 Å². The molecule has 1 aliphatic rings. The van der Waals surface area contributed by atoms with E-state index in [-0.39, 0.29) is 6.04 Å². The molecule has 1 atom stereocenters. The molecule has 0 bridgehead atoms. The van der Waals surface area contributed by atoms with Crippen LogP contribution in [0.1, 0.15) is 18.9 Å². The first-order valence-electron chi connectivity index (χ1n) is 6.51. The van der Waals surface area contributed by atoms with Crippen molar-refractivity contribution in [1.29, 1.82) is 5.26 Å². The highest BCUT2D eigenvalue weighted by Crippen LogP contribution is 2.28. The molecule has 0 spiro atoms. The van der Waals surface area contributed by atoms with E-state index in [0.717, 1.165) is 16.6 Å². The molecular formula is C14H16BrN3O2. The lowest BCUT2D eigenvalue weighted by molar-refractivity contribution is 0.134. The van der Waals surface area contributed by atoms with E-state index in [1.165, 1.54) is 4.90 Å². The summed E-state index contributed by atoms with van der Waals surface area (Å²) in [6, 6.07) is 7.94. The van der Waals surface area contributed by atoms with Crippen LogP contribution in [0.4, 0.5) is 10.5 Å². The van der Waals surface area contributed by atoms with Crippen molar-refractivity contribution in [3.05, 3.63) is 28.2 Å². The molecule has 1 aromatic carbocycles. The third-order valence-corrected chi connectivity index (χ3v) is 4.11. The quantitative estimate of drug-likeness (QED) is 0.900. The number of piperazine rings is 1. The number of anilines is 1. The molecule has 0 aromatic heterocycles. The molecule has 1 saturated heterocycles. The highest BCUT2D eigenvalue weighted by molar-refractivity contribution is 9.10. The average molecular weight is 338 g/mol. The van der Waals surface area contributed by atoms with Crippen molar-refractivity contribution >= 4 is 27.7 Å². The Balaban J connectivity index is 2.29. The minimum Gasteiger partial charge on any atom is -0.465 e. The number of nitrogens with zero attached hydrogens (tertiary/aromatic N) is 3. The third kappa shape index (κ3) is 2.88. The van der Waals surface area contributed by atoms with Crippen LogP contribution in [-0.2, 0) is 0 Å². The van der Waals surface area contributed by atoms with Crippen LogP contribution in [0.5, 0.6) is 0 Å². The largest absolute Gasteiger partial charge is 0.465 e. The van der Waals surface area contributed by atoms with Crippen molar-refractivity contribution in [3.63, 3.8) is 0 Å². The molecule has 2 rings (SSSR count). The molecule has 0 aliphatic carbocycles. The van der Waals surface area contributed by atoms with Gasteiger partial charge in [0.05, 0.1) is 11.3 Å². The SMILES string of the molecule is CCC1CN(C(=O)O)CCN1c1ccc(Br)cc1C#N. The van der Waals surface area contributed by atoms with Crippen molar-refractivity contribution in [1.82, 2.24) is 4.90 Å². The molecule has 1 amide bonds. The highest BCUT2D eigenvalue weighted by atomic mass is 79.9. The summed E-state index contributed by atoms with van der Waals surface area (Å²) in [5.41, 5.74) is 1.49. The zero-order chi connectivity index (χ0) is 14.7. The summed E-state index contributed by atoms with van der Waals surface area (Å²) in [6.45, 7) is 3.59. The maximum absolute atomic E-state index is 11.1. The molecule has 1 aromatic rings. The van der Waals surface area contributed by atoms with Gasteiger partial charge in [-0.25, -0.2) is 4.79 Å². The van der Waals surface area contributed by atoms with Crippen molar-refractivity contribution in [2.75, 3.05) is 24.5 Å². The number of nitriles is 1. The summed E-state index contributed by atoms with van der Waals surface area (Å²) in [7, 11) is 0. The molecule has 1 heterocycles. The second kappa shape index (κ2) is 6.14. The van der Waals surface area contributed by atoms with E-state index in [1.54, 1.807) is 6.07 Å². The summed E-state index contributed by atoms with van der Waals surface area (Å²) in [5.74, 6) is 0. The molecule has 1 aliphatic heterocycles. The van der Waals surface area contributed by atoms with Gasteiger partial charge >= 0.3 is 6.09 Å². The van der Waals surface area contributed by atoms with E-state index in [2.05, 4.69) is 26.9 Å². The summed E-state index contributed by atoms with van der Waals surface area (Å²) < 4.78 is 0.870. The highest BCUT2D eigenvalue weighted by Gasteiger charge is 2.29. The average Bonchev–Trinajstić information content (AvgIpc) is 2.46. The van der Waals surface area contributed by atoms with Crippen molar-refractivity contribution in [3.8, 4) is 6.07 Å². The summed E-state index contributed by atoms with van der Waals surface area (Å²) in [4.78, 5) is 14.7. The topological polar surface area (TPSA) is 67.6 Å². The van der Waals surface area contributed by atoms with Gasteiger partial charge in [0.15, 0.2) is 0 Å². The summed E-state index contributed by atoms with van der Waals surface area (Å²) >= 11 is 3.37. The van der Waals surface area contributed by atoms with Crippen LogP contribution < -0.4 is 4.90 Å². The summed E-state index contributed by atoms with van der Waals surface area (Å²) in [5, 5.41) is 18.4. The fraction of sp³-hybridized carbons (Fsp3) is 0.429. The third-order valence-electron chi connectivity index (χ3n) is 3.61. The number of benzene rings is 1. The van der Waals surface area contributed by atoms with Crippen molar-refractivity contribution in [2.24, 2.45) is 0 Å². The predicted molar refractivity (Wildman–Crippen MR) is 79.9 cm³/mol. The maximum Gasteiger partial charge on any atom is 0.407 e. The first kappa shape index (κ1) is 14.7. The molecule has 0 saturated carbocycles. The fourth-order valence-electron chi connectivity index (χ4n) is 2.54. The molecule has 20 heavy (non-hydrogen) atoms. The zero-order valence-corrected chi connectivity index (χ0v) is 12.8. The lowest BCUT2D eigenvalue weighted by atomic mass is 10.1. The molecule has 0 radical (unpaired) electrons. The van der Waals surface area contributed by atoms with Crippen molar-refractivity contribution in [2.45, 2.75) is 19.4 Å². The predicted octanol–water partition coefficient (Wildman–Crippen LogP) is 2.90. The molecule has 1 N–H and O–H groups in total. The number of carbonyl (C=O) groups is 1. The van der Waals surface area contributed by atoms with Gasteiger partial charge in [-0.3, -0.25) is 0 Å². The molecule has 1 unspecified atom stereocenters. The second-order valence-corrected chi connectivity index (χ2v) is 5.67. The zero-order valence-electron chi connectivity index (χ0n) is 11.2. The Morgan fingerprint density at radius 3 is 2.90 bits per heavy atom. The number of rotatable bonds is 2. The Labute approximate surface area is 126 Å². The standard InChI is InChI=1S/C14H16BrN3O2/c1-2-12-9-17(14(19)20)5-6-18(12)13-4-3-11(15)7-10(13)8-16/h3-4,7,12H,2,5-6,9H2,1H3,(H,19,20). The van der Waals surface area contributed by atoms with Crippen LogP contribution in [0.25, 0.3) is 0 Å². The first-order valence-corrected chi connectivity index (χ1v) is 7.30. The van der Waals surface area contributed by atoms with Gasteiger partial charge in [0.25, 0.3) is 0 Å². The fourth-order valence-corrected chi connectivity index (χ4v) is 2.90. The number of hydrogen-bond acceptors (Lipinski definition) is 3. The van der Waals surface area contributed by atoms with Crippen molar-refractivity contribution < 1.29 is 9.90 Å². The normalized spacial score (nSPS) is 18.8. The van der Waals surface area contributed by atoms with Crippen LogP contribution in [0.15, 0.2) is 22.7 Å². The minimum atomic E-state index is -0.876. The molecule has 1 fully saturated rings. The van der Waals surface area contributed by atoms with Crippen LogP contribution in [0.3, 0.4) is 0 Å². The van der Waals surface area contributed by atoms with Gasteiger partial charge in [-0.1, -0.05) is 22.9 Å². The van der Waals surface area contributed by atoms with E-state index >= 15 is 0 Å². The van der Waals surface area contributed by atoms with Gasteiger partial charge in [-0.05, 0) is 24.6 Å². The second-order valence-electron chi connectivity index (χ2n) is 4.76. The maximum atomic E-state index is 11.1. The van der Waals surface area contributed by atoms with E-state index in [0.29, 0.717) is 25.2 Å². The Morgan fingerprint density at radius 2 is 2.30 bits per heavy atom. The molecule has 106 valence electrons. The Kier molecular flexibility index (Phi) is 4.50. The van der Waals surface area contributed by atoms with Gasteiger partial charge in [0.1, 0.15) is 6.07 Å². The Bertz CT molecular complexity index is 556. The molecule has 6 heteroatoms. The smallest absolute Gasteiger partial charge is 0.407 e. The Hall–Kier alpha value is -1.74. The van der Waals surface area contributed by atoms with E-state index in [1.807, 2.05) is 19.1 Å². The first-order chi connectivity index (χ1) is 9.56. The molecular weight excluding hydrogens is 322 g/mol. The monoisotopic (exact) mass is 337 g/mol. The van der Waals surface area contributed by atoms with E-state index < -0.39 is 6.09 Å². The summed E-state index contributed by atoms with van der Waals surface area (Å²) in [6.07, 6.45) is -0.0375. The van der Waals surface area contributed by atoms with Crippen LogP contribution in [-0.4, -0.2) is 41.8 Å².